The molecule has 4 fully saturated rings. The van der Waals surface area contributed by atoms with Gasteiger partial charge in [0.05, 0.1) is 6.54 Å². The quantitative estimate of drug-likeness (QED) is 0.802. The lowest BCUT2D eigenvalue weighted by Crippen LogP contribution is -2.41. The lowest BCUT2D eigenvalue weighted by atomic mass is 10.0. The van der Waals surface area contributed by atoms with Crippen LogP contribution >= 0.6 is 0 Å². The molecule has 0 saturated heterocycles. The van der Waals surface area contributed by atoms with E-state index in [2.05, 4.69) is 17.1 Å². The first kappa shape index (κ1) is 11.3. The van der Waals surface area contributed by atoms with Gasteiger partial charge in [0.1, 0.15) is 0 Å². The van der Waals surface area contributed by atoms with E-state index in [1.807, 2.05) is 0 Å². The Labute approximate surface area is 109 Å². The van der Waals surface area contributed by atoms with Gasteiger partial charge in [-0.15, -0.1) is 0 Å². The third-order valence-electron chi connectivity index (χ3n) is 5.87. The maximum atomic E-state index is 12.1. The van der Waals surface area contributed by atoms with Crippen LogP contribution in [0.1, 0.15) is 39.0 Å². The number of nitrogens with one attached hydrogen (secondary N) is 1. The summed E-state index contributed by atoms with van der Waals surface area (Å²) >= 11 is 0. The predicted molar refractivity (Wildman–Crippen MR) is 70.0 cm³/mol. The molecular weight excluding hydrogens is 224 g/mol. The zero-order valence-corrected chi connectivity index (χ0v) is 11.3. The Balaban J connectivity index is 1.28. The molecule has 4 rings (SSSR count). The zero-order valence-electron chi connectivity index (χ0n) is 11.3. The Hall–Kier alpha value is -0.570. The van der Waals surface area contributed by atoms with Gasteiger partial charge in [0, 0.05) is 18.6 Å². The van der Waals surface area contributed by atoms with Gasteiger partial charge in [-0.3, -0.25) is 4.79 Å². The first-order chi connectivity index (χ1) is 8.79. The van der Waals surface area contributed by atoms with Crippen molar-refractivity contribution in [3.63, 3.8) is 0 Å². The molecule has 100 valence electrons. The Bertz CT molecular complexity index is 350. The van der Waals surface area contributed by atoms with Gasteiger partial charge in [-0.25, -0.2) is 0 Å². The highest BCUT2D eigenvalue weighted by molar-refractivity contribution is 5.79. The summed E-state index contributed by atoms with van der Waals surface area (Å²) in [5.41, 5.74) is 0. The molecule has 3 nitrogen and oxygen atoms in total. The summed E-state index contributed by atoms with van der Waals surface area (Å²) in [6.07, 6.45) is 6.85. The molecule has 2 bridgehead atoms. The van der Waals surface area contributed by atoms with Crippen LogP contribution in [0.25, 0.3) is 0 Å². The monoisotopic (exact) mass is 248 g/mol. The smallest absolute Gasteiger partial charge is 0.236 e. The maximum Gasteiger partial charge on any atom is 0.236 e. The van der Waals surface area contributed by atoms with Gasteiger partial charge in [-0.05, 0) is 62.7 Å². The van der Waals surface area contributed by atoms with Gasteiger partial charge < -0.3 is 10.2 Å². The van der Waals surface area contributed by atoms with Crippen molar-refractivity contribution >= 4 is 5.91 Å². The maximum absolute atomic E-state index is 12.1. The number of fused-ring (bicyclic) bond motifs is 5. The van der Waals surface area contributed by atoms with Gasteiger partial charge in [0.15, 0.2) is 0 Å². The fourth-order valence-corrected chi connectivity index (χ4v) is 4.93. The van der Waals surface area contributed by atoms with Crippen LogP contribution in [0.5, 0.6) is 0 Å². The van der Waals surface area contributed by atoms with Crippen LogP contribution < -0.4 is 5.32 Å². The van der Waals surface area contributed by atoms with E-state index >= 15 is 0 Å². The minimum absolute atomic E-state index is 0.331. The third kappa shape index (κ3) is 1.63. The van der Waals surface area contributed by atoms with Gasteiger partial charge in [-0.2, -0.15) is 0 Å². The van der Waals surface area contributed by atoms with Crippen molar-refractivity contribution < 1.29 is 4.79 Å². The molecule has 4 aliphatic carbocycles. The van der Waals surface area contributed by atoms with Crippen LogP contribution in [0.3, 0.4) is 0 Å². The van der Waals surface area contributed by atoms with Crippen molar-refractivity contribution in [1.29, 1.82) is 0 Å². The number of amides is 1. The van der Waals surface area contributed by atoms with Crippen molar-refractivity contribution in [2.75, 3.05) is 13.1 Å². The molecule has 4 unspecified atom stereocenters. The molecule has 0 aromatic carbocycles. The van der Waals surface area contributed by atoms with E-state index in [4.69, 9.17) is 0 Å². The van der Waals surface area contributed by atoms with Gasteiger partial charge in [0.25, 0.3) is 0 Å². The van der Waals surface area contributed by atoms with E-state index in [1.54, 1.807) is 0 Å². The Morgan fingerprint density at radius 2 is 1.83 bits per heavy atom. The number of hydrogen-bond acceptors (Lipinski definition) is 2. The van der Waals surface area contributed by atoms with E-state index in [0.29, 0.717) is 24.5 Å². The van der Waals surface area contributed by atoms with E-state index in [9.17, 15) is 4.79 Å². The van der Waals surface area contributed by atoms with Crippen LogP contribution in [-0.4, -0.2) is 36.0 Å². The molecular formula is C15H24N2O. The molecule has 0 spiro atoms. The van der Waals surface area contributed by atoms with E-state index in [1.165, 1.54) is 32.1 Å². The highest BCUT2D eigenvalue weighted by Gasteiger charge is 2.64. The molecule has 4 aliphatic rings. The largest absolute Gasteiger partial charge is 0.339 e. The SMILES string of the molecule is CCN(C(=O)CNC1C2C3CCC(C3)C12)C1CC1. The predicted octanol–water partition coefficient (Wildman–Crippen LogP) is 1.63. The first-order valence-electron chi connectivity index (χ1n) is 7.82. The van der Waals surface area contributed by atoms with E-state index in [0.717, 1.165) is 30.2 Å². The number of carbonyl (C=O) groups excluding carboxylic acids is 1. The number of hydrogen-bond donors (Lipinski definition) is 1. The summed E-state index contributed by atoms with van der Waals surface area (Å²) in [5, 5.41) is 3.57. The number of nitrogens with zero attached hydrogens (tertiary/aromatic N) is 1. The Kier molecular flexibility index (Phi) is 2.48. The van der Waals surface area contributed by atoms with Gasteiger partial charge >= 0.3 is 0 Å². The van der Waals surface area contributed by atoms with Crippen LogP contribution in [0.15, 0.2) is 0 Å². The summed E-state index contributed by atoms with van der Waals surface area (Å²) in [7, 11) is 0. The Morgan fingerprint density at radius 1 is 1.17 bits per heavy atom. The van der Waals surface area contributed by atoms with Crippen molar-refractivity contribution in [3.05, 3.63) is 0 Å². The van der Waals surface area contributed by atoms with E-state index in [-0.39, 0.29) is 0 Å². The molecule has 3 heteroatoms. The fraction of sp³-hybridized carbons (Fsp3) is 0.933. The first-order valence-corrected chi connectivity index (χ1v) is 7.82. The molecule has 0 aliphatic heterocycles. The zero-order chi connectivity index (χ0) is 12.3. The minimum atomic E-state index is 0.331. The van der Waals surface area contributed by atoms with Crippen LogP contribution in [-0.2, 0) is 4.79 Å². The molecule has 0 aromatic rings. The summed E-state index contributed by atoms with van der Waals surface area (Å²) in [4.78, 5) is 14.2. The van der Waals surface area contributed by atoms with Crippen LogP contribution in [0.2, 0.25) is 0 Å². The van der Waals surface area contributed by atoms with Crippen LogP contribution in [0, 0.1) is 23.7 Å². The minimum Gasteiger partial charge on any atom is -0.339 e. The Morgan fingerprint density at radius 3 is 2.39 bits per heavy atom. The topological polar surface area (TPSA) is 32.3 Å². The van der Waals surface area contributed by atoms with Crippen molar-refractivity contribution in [1.82, 2.24) is 10.2 Å². The van der Waals surface area contributed by atoms with Crippen molar-refractivity contribution in [2.24, 2.45) is 23.7 Å². The van der Waals surface area contributed by atoms with Crippen LogP contribution in [0.4, 0.5) is 0 Å². The number of likely N-dealkylation sites (N-methyl/N-ethyl adjacent to an activating group) is 1. The lowest BCUT2D eigenvalue weighted by molar-refractivity contribution is -0.130. The van der Waals surface area contributed by atoms with Crippen molar-refractivity contribution in [2.45, 2.75) is 51.1 Å². The molecule has 0 heterocycles. The molecule has 1 N–H and O–H groups in total. The highest BCUT2D eigenvalue weighted by Crippen LogP contribution is 2.65. The van der Waals surface area contributed by atoms with Gasteiger partial charge in [0.2, 0.25) is 5.91 Å². The summed E-state index contributed by atoms with van der Waals surface area (Å²) in [6, 6.07) is 1.26. The molecule has 18 heavy (non-hydrogen) atoms. The average molecular weight is 248 g/mol. The molecule has 1 amide bonds. The summed E-state index contributed by atoms with van der Waals surface area (Å²) < 4.78 is 0. The second-order valence-corrected chi connectivity index (χ2v) is 6.81. The summed E-state index contributed by atoms with van der Waals surface area (Å²) in [6.45, 7) is 3.57. The van der Waals surface area contributed by atoms with E-state index < -0.39 is 0 Å². The average Bonchev–Trinajstić information content (AvgIpc) is 3.27. The fourth-order valence-electron chi connectivity index (χ4n) is 4.93. The number of rotatable bonds is 5. The molecule has 0 radical (unpaired) electrons. The standard InChI is InChI=1S/C15H24N2O/c1-2-17(11-5-6-11)12(18)8-16-15-13-9-3-4-10(7-9)14(13)15/h9-11,13-16H,2-8H2,1H3. The third-order valence-corrected chi connectivity index (χ3v) is 5.87. The second kappa shape index (κ2) is 3.96. The molecule has 4 saturated carbocycles. The normalized spacial score (nSPS) is 43.9. The molecule has 4 atom stereocenters. The van der Waals surface area contributed by atoms with Gasteiger partial charge in [-0.1, -0.05) is 0 Å². The lowest BCUT2D eigenvalue weighted by Gasteiger charge is -2.21. The van der Waals surface area contributed by atoms with Crippen molar-refractivity contribution in [3.8, 4) is 0 Å². The molecule has 0 aromatic heterocycles. The second-order valence-electron chi connectivity index (χ2n) is 6.81. The number of carbonyl (C=O) groups is 1. The highest BCUT2D eigenvalue weighted by atomic mass is 16.2. The summed E-state index contributed by atoms with van der Waals surface area (Å²) in [5.74, 6) is 4.20.